The fourth-order valence-electron chi connectivity index (χ4n) is 2.46. The fraction of sp³-hybridized carbons (Fsp3) is 0.500. The van der Waals surface area contributed by atoms with Crippen molar-refractivity contribution in [2.45, 2.75) is 31.1 Å². The second-order valence-electron chi connectivity index (χ2n) is 4.89. The molecule has 1 amide bonds. The number of carbonyl (C=O) groups excluding carboxylic acids is 1. The standard InChI is InChI=1S/C14H20N2O3S/c1-3-16(10-14(17)15-2)20(18,19)13-8-7-11-5-4-6-12(11)9-13/h7-9H,3-6,10H2,1-2H3,(H,15,17). The van der Waals surface area contributed by atoms with E-state index in [0.717, 1.165) is 24.8 Å². The molecule has 1 aromatic rings. The van der Waals surface area contributed by atoms with E-state index in [9.17, 15) is 13.2 Å². The van der Waals surface area contributed by atoms with E-state index in [1.54, 1.807) is 19.1 Å². The molecular weight excluding hydrogens is 276 g/mol. The number of benzene rings is 1. The van der Waals surface area contributed by atoms with E-state index in [2.05, 4.69) is 5.32 Å². The molecule has 5 nitrogen and oxygen atoms in total. The minimum Gasteiger partial charge on any atom is -0.358 e. The highest BCUT2D eigenvalue weighted by Crippen LogP contribution is 2.26. The van der Waals surface area contributed by atoms with Crippen LogP contribution in [0.5, 0.6) is 0 Å². The largest absolute Gasteiger partial charge is 0.358 e. The number of nitrogens with zero attached hydrogens (tertiary/aromatic N) is 1. The number of hydrogen-bond acceptors (Lipinski definition) is 3. The third-order valence-corrected chi connectivity index (χ3v) is 5.58. The van der Waals surface area contributed by atoms with Crippen molar-refractivity contribution in [3.05, 3.63) is 29.3 Å². The number of sulfonamides is 1. The highest BCUT2D eigenvalue weighted by atomic mass is 32.2. The molecule has 0 radical (unpaired) electrons. The zero-order chi connectivity index (χ0) is 14.8. The zero-order valence-electron chi connectivity index (χ0n) is 11.8. The van der Waals surface area contributed by atoms with Crippen molar-refractivity contribution in [2.75, 3.05) is 20.1 Å². The summed E-state index contributed by atoms with van der Waals surface area (Å²) < 4.78 is 26.3. The number of carbonyl (C=O) groups is 1. The summed E-state index contributed by atoms with van der Waals surface area (Å²) in [5.41, 5.74) is 2.35. The number of rotatable bonds is 5. The number of likely N-dealkylation sites (N-methyl/N-ethyl adjacent to an activating group) is 2. The van der Waals surface area contributed by atoms with Crippen molar-refractivity contribution in [1.82, 2.24) is 9.62 Å². The van der Waals surface area contributed by atoms with Crippen LogP contribution in [0.25, 0.3) is 0 Å². The molecule has 0 bridgehead atoms. The normalized spacial score (nSPS) is 14.3. The predicted octanol–water partition coefficient (Wildman–Crippen LogP) is 0.932. The van der Waals surface area contributed by atoms with Gasteiger partial charge < -0.3 is 5.32 Å². The van der Waals surface area contributed by atoms with Crippen molar-refractivity contribution < 1.29 is 13.2 Å². The van der Waals surface area contributed by atoms with Gasteiger partial charge in [-0.1, -0.05) is 13.0 Å². The first-order chi connectivity index (χ1) is 9.48. The zero-order valence-corrected chi connectivity index (χ0v) is 12.7. The number of aryl methyl sites for hydroxylation is 2. The van der Waals surface area contributed by atoms with E-state index in [-0.39, 0.29) is 23.9 Å². The van der Waals surface area contributed by atoms with Crippen LogP contribution >= 0.6 is 0 Å². The van der Waals surface area contributed by atoms with Gasteiger partial charge in [0.25, 0.3) is 0 Å². The lowest BCUT2D eigenvalue weighted by molar-refractivity contribution is -0.120. The number of amides is 1. The van der Waals surface area contributed by atoms with Gasteiger partial charge in [0.1, 0.15) is 0 Å². The van der Waals surface area contributed by atoms with Crippen molar-refractivity contribution in [1.29, 1.82) is 0 Å². The van der Waals surface area contributed by atoms with E-state index in [0.29, 0.717) is 0 Å². The Morgan fingerprint density at radius 1 is 1.30 bits per heavy atom. The lowest BCUT2D eigenvalue weighted by Gasteiger charge is -2.20. The SMILES string of the molecule is CCN(CC(=O)NC)S(=O)(=O)c1ccc2c(c1)CCC2. The molecule has 1 aliphatic carbocycles. The molecule has 0 fully saturated rings. The minimum absolute atomic E-state index is 0.146. The van der Waals surface area contributed by atoms with Crippen LogP contribution in [0.3, 0.4) is 0 Å². The van der Waals surface area contributed by atoms with Gasteiger partial charge in [-0.2, -0.15) is 4.31 Å². The van der Waals surface area contributed by atoms with E-state index >= 15 is 0 Å². The van der Waals surface area contributed by atoms with Crippen molar-refractivity contribution in [2.24, 2.45) is 0 Å². The molecule has 0 spiro atoms. The maximum Gasteiger partial charge on any atom is 0.243 e. The first-order valence-electron chi connectivity index (χ1n) is 6.81. The van der Waals surface area contributed by atoms with Gasteiger partial charge in [0.05, 0.1) is 11.4 Å². The Labute approximate surface area is 120 Å². The van der Waals surface area contributed by atoms with Gasteiger partial charge >= 0.3 is 0 Å². The van der Waals surface area contributed by atoms with Gasteiger partial charge in [0.2, 0.25) is 15.9 Å². The van der Waals surface area contributed by atoms with Crippen LogP contribution in [-0.4, -0.2) is 38.8 Å². The Morgan fingerprint density at radius 3 is 2.65 bits per heavy atom. The molecule has 1 aliphatic rings. The van der Waals surface area contributed by atoms with Crippen molar-refractivity contribution in [3.63, 3.8) is 0 Å². The summed E-state index contributed by atoms with van der Waals surface area (Å²) in [6.45, 7) is 1.85. The van der Waals surface area contributed by atoms with Gasteiger partial charge in [-0.05, 0) is 42.5 Å². The van der Waals surface area contributed by atoms with E-state index in [1.165, 1.54) is 16.9 Å². The van der Waals surface area contributed by atoms with Crippen LogP contribution in [0.2, 0.25) is 0 Å². The summed E-state index contributed by atoms with van der Waals surface area (Å²) in [4.78, 5) is 11.7. The molecule has 1 N–H and O–H groups in total. The lowest BCUT2D eigenvalue weighted by Crippen LogP contribution is -2.39. The molecule has 0 saturated carbocycles. The van der Waals surface area contributed by atoms with Crippen molar-refractivity contribution in [3.8, 4) is 0 Å². The molecule has 20 heavy (non-hydrogen) atoms. The van der Waals surface area contributed by atoms with Crippen LogP contribution in [-0.2, 0) is 27.7 Å². The molecule has 110 valence electrons. The highest BCUT2D eigenvalue weighted by molar-refractivity contribution is 7.89. The van der Waals surface area contributed by atoms with Gasteiger partial charge in [0, 0.05) is 13.6 Å². The Balaban J connectivity index is 2.31. The maximum atomic E-state index is 12.6. The van der Waals surface area contributed by atoms with Gasteiger partial charge in [-0.3, -0.25) is 4.79 Å². The molecule has 6 heteroatoms. The fourth-order valence-corrected chi connectivity index (χ4v) is 3.92. The van der Waals surface area contributed by atoms with Crippen molar-refractivity contribution >= 4 is 15.9 Å². The quantitative estimate of drug-likeness (QED) is 0.879. The molecule has 0 heterocycles. The highest BCUT2D eigenvalue weighted by Gasteiger charge is 2.26. The second kappa shape index (κ2) is 5.93. The smallest absolute Gasteiger partial charge is 0.243 e. The predicted molar refractivity (Wildman–Crippen MR) is 77.0 cm³/mol. The molecule has 0 aliphatic heterocycles. The Bertz CT molecular complexity index is 611. The number of fused-ring (bicyclic) bond motifs is 1. The summed E-state index contributed by atoms with van der Waals surface area (Å²) in [7, 11) is -2.11. The van der Waals surface area contributed by atoms with Gasteiger partial charge in [-0.25, -0.2) is 8.42 Å². The maximum absolute atomic E-state index is 12.6. The molecule has 0 unspecified atom stereocenters. The monoisotopic (exact) mass is 296 g/mol. The third-order valence-electron chi connectivity index (χ3n) is 3.66. The van der Waals surface area contributed by atoms with E-state index < -0.39 is 10.0 Å². The summed E-state index contributed by atoms with van der Waals surface area (Å²) in [5.74, 6) is -0.309. The molecule has 0 saturated heterocycles. The van der Waals surface area contributed by atoms with Crippen LogP contribution in [0.4, 0.5) is 0 Å². The summed E-state index contributed by atoms with van der Waals surface area (Å²) in [5, 5.41) is 2.45. The first-order valence-corrected chi connectivity index (χ1v) is 8.25. The number of hydrogen-bond donors (Lipinski definition) is 1. The Hall–Kier alpha value is -1.40. The van der Waals surface area contributed by atoms with Crippen LogP contribution in [0.15, 0.2) is 23.1 Å². The topological polar surface area (TPSA) is 66.5 Å². The Kier molecular flexibility index (Phi) is 4.45. The van der Waals surface area contributed by atoms with Crippen LogP contribution < -0.4 is 5.32 Å². The molecular formula is C14H20N2O3S. The minimum atomic E-state index is -3.61. The Morgan fingerprint density at radius 2 is 2.00 bits per heavy atom. The molecule has 1 aromatic carbocycles. The van der Waals surface area contributed by atoms with Crippen LogP contribution in [0.1, 0.15) is 24.5 Å². The summed E-state index contributed by atoms with van der Waals surface area (Å²) in [6, 6.07) is 5.29. The van der Waals surface area contributed by atoms with E-state index in [4.69, 9.17) is 0 Å². The third kappa shape index (κ3) is 2.86. The van der Waals surface area contributed by atoms with E-state index in [1.807, 2.05) is 6.07 Å². The second-order valence-corrected chi connectivity index (χ2v) is 6.83. The lowest BCUT2D eigenvalue weighted by atomic mass is 10.1. The molecule has 2 rings (SSSR count). The number of nitrogens with one attached hydrogen (secondary N) is 1. The summed E-state index contributed by atoms with van der Waals surface area (Å²) in [6.07, 6.45) is 3.03. The van der Waals surface area contributed by atoms with Gasteiger partial charge in [-0.15, -0.1) is 0 Å². The van der Waals surface area contributed by atoms with Crippen LogP contribution in [0, 0.1) is 0 Å². The molecule has 0 atom stereocenters. The average molecular weight is 296 g/mol. The first kappa shape index (κ1) is 15.0. The molecule has 0 aromatic heterocycles. The average Bonchev–Trinajstić information content (AvgIpc) is 2.91. The summed E-state index contributed by atoms with van der Waals surface area (Å²) >= 11 is 0. The van der Waals surface area contributed by atoms with Gasteiger partial charge in [0.15, 0.2) is 0 Å².